The molecule has 2 rings (SSSR count). The first-order valence-corrected chi connectivity index (χ1v) is 6.78. The Morgan fingerprint density at radius 3 is 2.19 bits per heavy atom. The Morgan fingerprint density at radius 1 is 1.19 bits per heavy atom. The fourth-order valence-corrected chi connectivity index (χ4v) is 2.74. The number of rotatable bonds is 4. The van der Waals surface area contributed by atoms with Gasteiger partial charge in [-0.15, -0.1) is 0 Å². The lowest BCUT2D eigenvalue weighted by atomic mass is 10.1. The highest BCUT2D eigenvalue weighted by atomic mass is 32.2. The standard InChI is InChI=1S/C11H9N3O6S/c15-10(12-9-1-2-21-11(9)16)6-3-7(13(17)18)5-8(4-6)14(19)20/h3-5,9H,1-2H2,(H,12,15)/t9-/m1/s1. The number of hydrogen-bond acceptors (Lipinski definition) is 7. The molecule has 0 aromatic heterocycles. The molecule has 0 saturated carbocycles. The lowest BCUT2D eigenvalue weighted by Crippen LogP contribution is -2.37. The number of nitro benzene ring substituents is 2. The van der Waals surface area contributed by atoms with Gasteiger partial charge < -0.3 is 5.32 Å². The zero-order valence-electron chi connectivity index (χ0n) is 10.5. The molecular weight excluding hydrogens is 302 g/mol. The molecule has 1 amide bonds. The predicted molar refractivity (Wildman–Crippen MR) is 73.1 cm³/mol. The summed E-state index contributed by atoms with van der Waals surface area (Å²) in [6, 6.07) is 1.98. The van der Waals surface area contributed by atoms with E-state index in [9.17, 15) is 29.8 Å². The van der Waals surface area contributed by atoms with Gasteiger partial charge in [0.1, 0.15) is 0 Å². The van der Waals surface area contributed by atoms with E-state index < -0.39 is 33.2 Å². The molecule has 0 unspecified atom stereocenters. The van der Waals surface area contributed by atoms with Crippen LogP contribution in [0.15, 0.2) is 18.2 Å². The summed E-state index contributed by atoms with van der Waals surface area (Å²) >= 11 is 1.09. The quantitative estimate of drug-likeness (QED) is 0.653. The topological polar surface area (TPSA) is 132 Å². The zero-order valence-corrected chi connectivity index (χ0v) is 11.3. The Kier molecular flexibility index (Phi) is 4.17. The molecule has 1 aliphatic rings. The molecule has 1 fully saturated rings. The van der Waals surface area contributed by atoms with Crippen LogP contribution in [0.4, 0.5) is 11.4 Å². The van der Waals surface area contributed by atoms with Gasteiger partial charge in [-0.05, 0) is 6.42 Å². The summed E-state index contributed by atoms with van der Waals surface area (Å²) in [6.45, 7) is 0. The fraction of sp³-hybridized carbons (Fsp3) is 0.273. The molecule has 9 nitrogen and oxygen atoms in total. The van der Waals surface area contributed by atoms with Gasteiger partial charge in [0.25, 0.3) is 17.3 Å². The van der Waals surface area contributed by atoms with Gasteiger partial charge in [0, 0.05) is 17.9 Å². The summed E-state index contributed by atoms with van der Waals surface area (Å²) in [5.41, 5.74) is -1.33. The average Bonchev–Trinajstić information content (AvgIpc) is 2.83. The minimum Gasteiger partial charge on any atom is -0.341 e. The monoisotopic (exact) mass is 311 g/mol. The Balaban J connectivity index is 2.29. The predicted octanol–water partition coefficient (Wildman–Crippen LogP) is 1.26. The van der Waals surface area contributed by atoms with E-state index in [4.69, 9.17) is 0 Å². The Labute approximate surface area is 122 Å². The van der Waals surface area contributed by atoms with E-state index >= 15 is 0 Å². The smallest absolute Gasteiger partial charge is 0.277 e. The average molecular weight is 311 g/mol. The molecule has 10 heteroatoms. The number of amides is 1. The van der Waals surface area contributed by atoms with E-state index in [1.165, 1.54) is 0 Å². The van der Waals surface area contributed by atoms with Crippen molar-refractivity contribution in [1.29, 1.82) is 0 Å². The number of nitro groups is 2. The molecule has 1 N–H and O–H groups in total. The zero-order chi connectivity index (χ0) is 15.6. The van der Waals surface area contributed by atoms with Crippen molar-refractivity contribution in [3.63, 3.8) is 0 Å². The van der Waals surface area contributed by atoms with E-state index in [-0.39, 0.29) is 10.7 Å². The summed E-state index contributed by atoms with van der Waals surface area (Å²) in [5, 5.41) is 23.7. The van der Waals surface area contributed by atoms with Crippen molar-refractivity contribution in [2.45, 2.75) is 12.5 Å². The maximum Gasteiger partial charge on any atom is 0.277 e. The second-order valence-electron chi connectivity index (χ2n) is 4.23. The van der Waals surface area contributed by atoms with Crippen LogP contribution in [0.5, 0.6) is 0 Å². The molecule has 1 aromatic rings. The fourth-order valence-electron chi connectivity index (χ4n) is 1.81. The van der Waals surface area contributed by atoms with Gasteiger partial charge in [-0.3, -0.25) is 29.8 Å². The largest absolute Gasteiger partial charge is 0.341 e. The second-order valence-corrected chi connectivity index (χ2v) is 5.33. The second kappa shape index (κ2) is 5.87. The first-order chi connectivity index (χ1) is 9.88. The third-order valence-corrected chi connectivity index (χ3v) is 3.84. The first kappa shape index (κ1) is 14.9. The van der Waals surface area contributed by atoms with Crippen LogP contribution in [-0.2, 0) is 4.79 Å². The maximum atomic E-state index is 12.0. The van der Waals surface area contributed by atoms with Crippen molar-refractivity contribution in [3.8, 4) is 0 Å². The van der Waals surface area contributed by atoms with Crippen molar-refractivity contribution in [1.82, 2.24) is 5.32 Å². The SMILES string of the molecule is O=C(N[C@@H]1CCSC1=O)c1cc([N+](=O)[O-])cc([N+](=O)[O-])c1. The number of nitrogens with one attached hydrogen (secondary N) is 1. The van der Waals surface area contributed by atoms with Crippen molar-refractivity contribution in [3.05, 3.63) is 44.0 Å². The van der Waals surface area contributed by atoms with E-state index in [0.29, 0.717) is 12.2 Å². The van der Waals surface area contributed by atoms with Crippen LogP contribution in [-0.4, -0.2) is 32.7 Å². The Bertz CT molecular complexity index is 615. The van der Waals surface area contributed by atoms with Crippen molar-refractivity contribution in [2.75, 3.05) is 5.75 Å². The molecule has 0 spiro atoms. The number of hydrogen-bond donors (Lipinski definition) is 1. The van der Waals surface area contributed by atoms with Gasteiger partial charge >= 0.3 is 0 Å². The third-order valence-electron chi connectivity index (χ3n) is 2.83. The highest BCUT2D eigenvalue weighted by molar-refractivity contribution is 8.14. The first-order valence-electron chi connectivity index (χ1n) is 5.80. The van der Waals surface area contributed by atoms with Gasteiger partial charge in [-0.2, -0.15) is 0 Å². The highest BCUT2D eigenvalue weighted by Crippen LogP contribution is 2.24. The van der Waals surface area contributed by atoms with Crippen LogP contribution in [0.2, 0.25) is 0 Å². The molecule has 1 heterocycles. The molecule has 1 aliphatic heterocycles. The summed E-state index contributed by atoms with van der Waals surface area (Å²) in [5.74, 6) is -0.165. The molecule has 1 aromatic carbocycles. The summed E-state index contributed by atoms with van der Waals surface area (Å²) in [4.78, 5) is 43.2. The number of carbonyl (C=O) groups excluding carboxylic acids is 2. The van der Waals surface area contributed by atoms with Crippen molar-refractivity contribution >= 4 is 34.2 Å². The van der Waals surface area contributed by atoms with Gasteiger partial charge in [0.2, 0.25) is 5.12 Å². The number of non-ortho nitro benzene ring substituents is 2. The molecule has 0 bridgehead atoms. The van der Waals surface area contributed by atoms with E-state index in [2.05, 4.69) is 5.32 Å². The molecular formula is C11H9N3O6S. The number of carbonyl (C=O) groups is 2. The summed E-state index contributed by atoms with van der Waals surface area (Å²) < 4.78 is 0. The normalized spacial score (nSPS) is 17.5. The van der Waals surface area contributed by atoms with Crippen molar-refractivity contribution in [2.24, 2.45) is 0 Å². The molecule has 110 valence electrons. The molecule has 1 saturated heterocycles. The number of benzene rings is 1. The van der Waals surface area contributed by atoms with E-state index in [1.807, 2.05) is 0 Å². The van der Waals surface area contributed by atoms with Crippen LogP contribution in [0.25, 0.3) is 0 Å². The van der Waals surface area contributed by atoms with Crippen LogP contribution in [0, 0.1) is 20.2 Å². The highest BCUT2D eigenvalue weighted by Gasteiger charge is 2.28. The van der Waals surface area contributed by atoms with Crippen LogP contribution >= 0.6 is 11.8 Å². The number of thioether (sulfide) groups is 1. The van der Waals surface area contributed by atoms with Crippen LogP contribution in [0.3, 0.4) is 0 Å². The molecule has 1 atom stereocenters. The number of nitrogens with zero attached hydrogens (tertiary/aromatic N) is 2. The minimum atomic E-state index is -0.819. The Morgan fingerprint density at radius 2 is 1.76 bits per heavy atom. The van der Waals surface area contributed by atoms with Crippen molar-refractivity contribution < 1.29 is 19.4 Å². The molecule has 0 aliphatic carbocycles. The third kappa shape index (κ3) is 3.34. The Hall–Kier alpha value is -2.49. The minimum absolute atomic E-state index is 0.191. The lowest BCUT2D eigenvalue weighted by Gasteiger charge is -2.09. The lowest BCUT2D eigenvalue weighted by molar-refractivity contribution is -0.394. The van der Waals surface area contributed by atoms with Gasteiger partial charge in [-0.25, -0.2) is 0 Å². The maximum absolute atomic E-state index is 12.0. The van der Waals surface area contributed by atoms with Gasteiger partial charge in [-0.1, -0.05) is 11.8 Å². The van der Waals surface area contributed by atoms with Crippen LogP contribution in [0.1, 0.15) is 16.8 Å². The molecule has 21 heavy (non-hydrogen) atoms. The molecule has 0 radical (unpaired) electrons. The van der Waals surface area contributed by atoms with Gasteiger partial charge in [0.05, 0.1) is 27.5 Å². The van der Waals surface area contributed by atoms with Gasteiger partial charge in [0.15, 0.2) is 0 Å². The van der Waals surface area contributed by atoms with E-state index in [1.54, 1.807) is 0 Å². The summed E-state index contributed by atoms with van der Waals surface area (Å²) in [6.07, 6.45) is 0.465. The summed E-state index contributed by atoms with van der Waals surface area (Å²) in [7, 11) is 0. The van der Waals surface area contributed by atoms with E-state index in [0.717, 1.165) is 30.0 Å². The van der Waals surface area contributed by atoms with Crippen LogP contribution < -0.4 is 5.32 Å².